The van der Waals surface area contributed by atoms with Gasteiger partial charge in [-0.1, -0.05) is 26.7 Å². The summed E-state index contributed by atoms with van der Waals surface area (Å²) in [5.41, 5.74) is 0.0646. The van der Waals surface area contributed by atoms with Crippen molar-refractivity contribution in [1.29, 1.82) is 0 Å². The van der Waals surface area contributed by atoms with Gasteiger partial charge in [0.05, 0.1) is 18.3 Å². The molecule has 1 aliphatic heterocycles. The predicted molar refractivity (Wildman–Crippen MR) is 89.5 cm³/mol. The first kappa shape index (κ1) is 18.7. The number of nitrogens with one attached hydrogen (secondary N) is 2. The van der Waals surface area contributed by atoms with Crippen LogP contribution in [0.4, 0.5) is 0 Å². The number of methoxy groups -OCH3 is 1. The molecule has 0 spiro atoms. The van der Waals surface area contributed by atoms with Crippen molar-refractivity contribution in [1.82, 2.24) is 10.0 Å². The molecule has 7 heteroatoms. The first-order chi connectivity index (χ1) is 10.8. The van der Waals surface area contributed by atoms with E-state index in [0.717, 1.165) is 32.2 Å². The Kier molecular flexibility index (Phi) is 6.08. The summed E-state index contributed by atoms with van der Waals surface area (Å²) in [5, 5.41) is 2.74. The molecule has 0 bridgehead atoms. The zero-order valence-corrected chi connectivity index (χ0v) is 15.2. The highest BCUT2D eigenvalue weighted by Gasteiger charge is 2.41. The Morgan fingerprint density at radius 2 is 1.96 bits per heavy atom. The molecule has 2 N–H and O–H groups in total. The Labute approximate surface area is 139 Å². The summed E-state index contributed by atoms with van der Waals surface area (Å²) in [6, 6.07) is 0.117. The van der Waals surface area contributed by atoms with Gasteiger partial charge in [0, 0.05) is 12.6 Å². The van der Waals surface area contributed by atoms with Gasteiger partial charge in [-0.05, 0) is 37.6 Å². The molecule has 6 nitrogen and oxygen atoms in total. The lowest BCUT2D eigenvalue weighted by Crippen LogP contribution is -2.54. The molecular weight excluding hydrogens is 316 g/mol. The van der Waals surface area contributed by atoms with Crippen LogP contribution < -0.4 is 10.0 Å². The Balaban J connectivity index is 2.03. The highest BCUT2D eigenvalue weighted by atomic mass is 32.2. The molecule has 0 radical (unpaired) electrons. The first-order valence-electron chi connectivity index (χ1n) is 8.57. The van der Waals surface area contributed by atoms with Crippen molar-refractivity contribution in [3.8, 4) is 0 Å². The smallest absolute Gasteiger partial charge is 0.310 e. The second-order valence-corrected chi connectivity index (χ2v) is 9.43. The maximum atomic E-state index is 12.7. The van der Waals surface area contributed by atoms with Gasteiger partial charge in [-0.2, -0.15) is 0 Å². The molecule has 0 aromatic rings. The maximum absolute atomic E-state index is 12.7. The monoisotopic (exact) mass is 346 g/mol. The Hall–Kier alpha value is -0.660. The molecule has 0 amide bonds. The standard InChI is InChI=1S/C16H30N2O4S/c1-16(2)9-6-10-17-14(16)11-18-23(20,21)13-8-5-4-7-12(13)15(19)22-3/h12-14,17-18H,4-11H2,1-3H3. The number of hydrogen-bond donors (Lipinski definition) is 2. The Morgan fingerprint density at radius 1 is 1.26 bits per heavy atom. The third kappa shape index (κ3) is 4.45. The Bertz CT molecular complexity index is 518. The minimum Gasteiger partial charge on any atom is -0.469 e. The number of carbonyl (C=O) groups is 1. The van der Waals surface area contributed by atoms with Gasteiger partial charge in [-0.25, -0.2) is 13.1 Å². The van der Waals surface area contributed by atoms with Crippen molar-refractivity contribution in [2.24, 2.45) is 11.3 Å². The molecule has 3 atom stereocenters. The van der Waals surface area contributed by atoms with E-state index in [4.69, 9.17) is 4.74 Å². The zero-order chi connectivity index (χ0) is 17.1. The fourth-order valence-electron chi connectivity index (χ4n) is 3.82. The van der Waals surface area contributed by atoms with Crippen LogP contribution in [0.15, 0.2) is 0 Å². The lowest BCUT2D eigenvalue weighted by atomic mass is 9.78. The molecular formula is C16H30N2O4S. The fraction of sp³-hybridized carbons (Fsp3) is 0.938. The van der Waals surface area contributed by atoms with Crippen LogP contribution in [0.25, 0.3) is 0 Å². The van der Waals surface area contributed by atoms with Crippen LogP contribution in [0.1, 0.15) is 52.4 Å². The average Bonchev–Trinajstić information content (AvgIpc) is 2.52. The molecule has 1 saturated carbocycles. The number of rotatable bonds is 5. The number of ether oxygens (including phenoxy) is 1. The number of carbonyl (C=O) groups excluding carboxylic acids is 1. The van der Waals surface area contributed by atoms with Crippen LogP contribution in [0.3, 0.4) is 0 Å². The normalized spacial score (nSPS) is 31.5. The first-order valence-corrected chi connectivity index (χ1v) is 10.1. The zero-order valence-electron chi connectivity index (χ0n) is 14.4. The molecule has 0 aromatic carbocycles. The van der Waals surface area contributed by atoms with Crippen LogP contribution in [0.2, 0.25) is 0 Å². The molecule has 2 fully saturated rings. The van der Waals surface area contributed by atoms with Crippen LogP contribution in [-0.2, 0) is 19.6 Å². The quantitative estimate of drug-likeness (QED) is 0.736. The van der Waals surface area contributed by atoms with E-state index in [1.54, 1.807) is 0 Å². The van der Waals surface area contributed by atoms with E-state index in [0.29, 0.717) is 19.4 Å². The van der Waals surface area contributed by atoms with E-state index in [2.05, 4.69) is 23.9 Å². The van der Waals surface area contributed by atoms with Crippen molar-refractivity contribution in [2.45, 2.75) is 63.7 Å². The predicted octanol–water partition coefficient (Wildman–Crippen LogP) is 1.42. The second kappa shape index (κ2) is 7.49. The number of piperidine rings is 1. The minimum absolute atomic E-state index is 0.0646. The summed E-state index contributed by atoms with van der Waals surface area (Å²) >= 11 is 0. The maximum Gasteiger partial charge on any atom is 0.310 e. The van der Waals surface area contributed by atoms with Crippen LogP contribution >= 0.6 is 0 Å². The van der Waals surface area contributed by atoms with Gasteiger partial charge in [0.1, 0.15) is 0 Å². The number of esters is 1. The highest BCUT2D eigenvalue weighted by molar-refractivity contribution is 7.90. The van der Waals surface area contributed by atoms with E-state index >= 15 is 0 Å². The highest BCUT2D eigenvalue weighted by Crippen LogP contribution is 2.32. The van der Waals surface area contributed by atoms with Gasteiger partial charge in [0.15, 0.2) is 0 Å². The summed E-state index contributed by atoms with van der Waals surface area (Å²) in [4.78, 5) is 11.9. The van der Waals surface area contributed by atoms with Gasteiger partial charge >= 0.3 is 5.97 Å². The van der Waals surface area contributed by atoms with Crippen molar-refractivity contribution < 1.29 is 17.9 Å². The molecule has 1 aliphatic carbocycles. The van der Waals surface area contributed by atoms with E-state index in [-0.39, 0.29) is 11.5 Å². The molecule has 1 saturated heterocycles. The summed E-state index contributed by atoms with van der Waals surface area (Å²) < 4.78 is 33.0. The molecule has 2 aliphatic rings. The van der Waals surface area contributed by atoms with Crippen LogP contribution in [0, 0.1) is 11.3 Å². The lowest BCUT2D eigenvalue weighted by molar-refractivity contribution is -0.146. The molecule has 1 heterocycles. The van der Waals surface area contributed by atoms with Crippen molar-refractivity contribution in [3.05, 3.63) is 0 Å². The third-order valence-electron chi connectivity index (χ3n) is 5.43. The Morgan fingerprint density at radius 3 is 2.61 bits per heavy atom. The van der Waals surface area contributed by atoms with E-state index < -0.39 is 27.2 Å². The summed E-state index contributed by atoms with van der Waals surface area (Å²) in [5.74, 6) is -0.949. The summed E-state index contributed by atoms with van der Waals surface area (Å²) in [6.07, 6.45) is 5.03. The summed E-state index contributed by atoms with van der Waals surface area (Å²) in [7, 11) is -2.21. The van der Waals surface area contributed by atoms with Gasteiger partial charge in [0.25, 0.3) is 0 Å². The van der Waals surface area contributed by atoms with Gasteiger partial charge < -0.3 is 10.1 Å². The van der Waals surface area contributed by atoms with Gasteiger partial charge in [-0.15, -0.1) is 0 Å². The molecule has 0 aromatic heterocycles. The van der Waals surface area contributed by atoms with Crippen molar-refractivity contribution in [2.75, 3.05) is 20.2 Å². The largest absolute Gasteiger partial charge is 0.469 e. The van der Waals surface area contributed by atoms with Gasteiger partial charge in [-0.3, -0.25) is 4.79 Å². The third-order valence-corrected chi connectivity index (χ3v) is 7.36. The van der Waals surface area contributed by atoms with E-state index in [9.17, 15) is 13.2 Å². The molecule has 23 heavy (non-hydrogen) atoms. The second-order valence-electron chi connectivity index (χ2n) is 7.44. The number of hydrogen-bond acceptors (Lipinski definition) is 5. The van der Waals surface area contributed by atoms with E-state index in [1.165, 1.54) is 7.11 Å². The average molecular weight is 346 g/mol. The fourth-order valence-corrected chi connectivity index (χ4v) is 5.58. The minimum atomic E-state index is -3.53. The number of sulfonamides is 1. The van der Waals surface area contributed by atoms with Gasteiger partial charge in [0.2, 0.25) is 10.0 Å². The van der Waals surface area contributed by atoms with Crippen LogP contribution in [-0.4, -0.2) is 45.9 Å². The topological polar surface area (TPSA) is 84.5 Å². The molecule has 134 valence electrons. The van der Waals surface area contributed by atoms with Crippen LogP contribution in [0.5, 0.6) is 0 Å². The molecule has 2 rings (SSSR count). The SMILES string of the molecule is COC(=O)C1CCCCC1S(=O)(=O)NCC1NCCCC1(C)C. The molecule has 3 unspecified atom stereocenters. The van der Waals surface area contributed by atoms with Crippen molar-refractivity contribution >= 4 is 16.0 Å². The van der Waals surface area contributed by atoms with E-state index in [1.807, 2.05) is 0 Å². The lowest BCUT2D eigenvalue weighted by Gasteiger charge is -2.40. The van der Waals surface area contributed by atoms with Crippen molar-refractivity contribution in [3.63, 3.8) is 0 Å². The summed E-state index contributed by atoms with van der Waals surface area (Å²) in [6.45, 7) is 5.62.